The number of hydrogen-bond donors (Lipinski definition) is 1. The fourth-order valence-electron chi connectivity index (χ4n) is 1.33. The Morgan fingerprint density at radius 3 is 2.35 bits per heavy atom. The summed E-state index contributed by atoms with van der Waals surface area (Å²) in [6.07, 6.45) is 2.86. The van der Waals surface area contributed by atoms with Crippen LogP contribution in [0.2, 0.25) is 0 Å². The minimum Gasteiger partial charge on any atom is -0.274 e. The number of hydrogen-bond acceptors (Lipinski definition) is 6. The van der Waals surface area contributed by atoms with Gasteiger partial charge in [0.1, 0.15) is 0 Å². The van der Waals surface area contributed by atoms with Crippen molar-refractivity contribution in [3.63, 3.8) is 0 Å². The molecule has 0 saturated heterocycles. The van der Waals surface area contributed by atoms with Crippen LogP contribution in [0.3, 0.4) is 0 Å². The van der Waals surface area contributed by atoms with Gasteiger partial charge in [-0.15, -0.1) is 0 Å². The number of sulfone groups is 1. The van der Waals surface area contributed by atoms with Gasteiger partial charge in [0.05, 0.1) is 9.79 Å². The van der Waals surface area contributed by atoms with E-state index in [1.165, 1.54) is 30.0 Å². The van der Waals surface area contributed by atoms with Crippen molar-refractivity contribution in [1.82, 2.24) is 4.72 Å². The first kappa shape index (κ1) is 17.0. The van der Waals surface area contributed by atoms with Crippen LogP contribution < -0.4 is 4.72 Å². The van der Waals surface area contributed by atoms with E-state index >= 15 is 0 Å². The fourth-order valence-corrected chi connectivity index (χ4v) is 3.52. The number of rotatable bonds is 6. The average molecular weight is 337 g/mol. The van der Waals surface area contributed by atoms with E-state index in [0.717, 1.165) is 12.3 Å². The summed E-state index contributed by atoms with van der Waals surface area (Å²) in [5, 5.41) is 0. The number of benzene rings is 1. The molecule has 0 fully saturated rings. The smallest absolute Gasteiger partial charge is 0.264 e. The van der Waals surface area contributed by atoms with Crippen molar-refractivity contribution in [3.8, 4) is 0 Å². The van der Waals surface area contributed by atoms with Gasteiger partial charge in [-0.1, -0.05) is 6.07 Å². The van der Waals surface area contributed by atoms with Gasteiger partial charge in [-0.3, -0.25) is 4.79 Å². The molecule has 0 aliphatic rings. The average Bonchev–Trinajstić information content (AvgIpc) is 2.35. The predicted octanol–water partition coefficient (Wildman–Crippen LogP) is 0.648. The number of thioether (sulfide) groups is 1. The highest BCUT2D eigenvalue weighted by molar-refractivity contribution is 7.98. The van der Waals surface area contributed by atoms with Gasteiger partial charge in [0, 0.05) is 18.4 Å². The van der Waals surface area contributed by atoms with Crippen LogP contribution in [-0.4, -0.2) is 41.0 Å². The maximum absolute atomic E-state index is 12.0. The molecule has 0 atom stereocenters. The van der Waals surface area contributed by atoms with E-state index in [-0.39, 0.29) is 16.2 Å². The van der Waals surface area contributed by atoms with E-state index in [2.05, 4.69) is 0 Å². The Balaban J connectivity index is 3.02. The van der Waals surface area contributed by atoms with Crippen LogP contribution in [0.15, 0.2) is 34.1 Å². The molecule has 6 nitrogen and oxygen atoms in total. The molecule has 0 unspecified atom stereocenters. The molecule has 0 saturated carbocycles. The lowest BCUT2D eigenvalue weighted by atomic mass is 10.4. The van der Waals surface area contributed by atoms with E-state index in [9.17, 15) is 21.6 Å². The molecule has 9 heteroatoms. The molecule has 1 amide bonds. The molecule has 1 aromatic rings. The van der Waals surface area contributed by atoms with Gasteiger partial charge in [-0.2, -0.15) is 11.8 Å². The van der Waals surface area contributed by atoms with Crippen molar-refractivity contribution < 1.29 is 21.6 Å². The van der Waals surface area contributed by atoms with Gasteiger partial charge in [0.2, 0.25) is 5.91 Å². The Kier molecular flexibility index (Phi) is 5.60. The summed E-state index contributed by atoms with van der Waals surface area (Å²) in [6, 6.07) is 4.87. The quantitative estimate of drug-likeness (QED) is 0.818. The largest absolute Gasteiger partial charge is 0.274 e. The van der Waals surface area contributed by atoms with Gasteiger partial charge in [-0.25, -0.2) is 21.6 Å². The van der Waals surface area contributed by atoms with Crippen LogP contribution in [0.5, 0.6) is 0 Å². The second kappa shape index (κ2) is 6.59. The molecule has 0 aliphatic heterocycles. The van der Waals surface area contributed by atoms with Crippen LogP contribution in [0.25, 0.3) is 0 Å². The molecular formula is C11H15NO5S3. The lowest BCUT2D eigenvalue weighted by Crippen LogP contribution is -2.30. The highest BCUT2D eigenvalue weighted by Gasteiger charge is 2.19. The number of nitrogens with one attached hydrogen (secondary N) is 1. The SMILES string of the molecule is CSCCC(=O)NS(=O)(=O)c1cccc(S(C)(=O)=O)c1. The number of carbonyl (C=O) groups is 1. The van der Waals surface area contributed by atoms with Gasteiger partial charge in [-0.05, 0) is 24.5 Å². The zero-order valence-corrected chi connectivity index (χ0v) is 13.4. The van der Waals surface area contributed by atoms with Crippen molar-refractivity contribution in [2.75, 3.05) is 18.3 Å². The Hall–Kier alpha value is -1.06. The molecule has 20 heavy (non-hydrogen) atoms. The van der Waals surface area contributed by atoms with Crippen LogP contribution in [0.1, 0.15) is 6.42 Å². The lowest BCUT2D eigenvalue weighted by molar-refractivity contribution is -0.118. The molecular weight excluding hydrogens is 322 g/mol. The summed E-state index contributed by atoms with van der Waals surface area (Å²) < 4.78 is 48.6. The van der Waals surface area contributed by atoms with Crippen LogP contribution in [-0.2, 0) is 24.7 Å². The normalized spacial score (nSPS) is 12.1. The van der Waals surface area contributed by atoms with Crippen molar-refractivity contribution in [3.05, 3.63) is 24.3 Å². The third kappa shape index (κ3) is 4.80. The Morgan fingerprint density at radius 2 is 1.80 bits per heavy atom. The molecule has 0 bridgehead atoms. The number of amides is 1. The minimum absolute atomic E-state index is 0.0756. The van der Waals surface area contributed by atoms with Gasteiger partial charge >= 0.3 is 0 Å². The van der Waals surface area contributed by atoms with Crippen molar-refractivity contribution >= 4 is 37.5 Å². The molecule has 1 aromatic carbocycles. The standard InChI is InChI=1S/C11H15NO5S3/c1-18-7-6-11(13)12-20(16,17)10-5-3-4-9(8-10)19(2,14)15/h3-5,8H,6-7H2,1-2H3,(H,12,13). The second-order valence-corrected chi connectivity index (χ2v) is 8.70. The number of carbonyl (C=O) groups excluding carboxylic acids is 1. The van der Waals surface area contributed by atoms with Crippen LogP contribution in [0.4, 0.5) is 0 Å². The first-order valence-corrected chi connectivity index (χ1v) is 10.3. The Bertz CT molecular complexity index is 695. The molecule has 0 spiro atoms. The zero-order chi connectivity index (χ0) is 15.4. The molecule has 0 heterocycles. The van der Waals surface area contributed by atoms with E-state index in [4.69, 9.17) is 0 Å². The summed E-state index contributed by atoms with van der Waals surface area (Å²) in [5.74, 6) is -0.117. The van der Waals surface area contributed by atoms with Gasteiger partial charge in [0.15, 0.2) is 9.84 Å². The molecule has 0 radical (unpaired) electrons. The van der Waals surface area contributed by atoms with Gasteiger partial charge in [0.25, 0.3) is 10.0 Å². The van der Waals surface area contributed by atoms with Crippen LogP contribution in [0, 0.1) is 0 Å². The summed E-state index contributed by atoms with van der Waals surface area (Å²) in [6.45, 7) is 0. The second-order valence-electron chi connectivity index (χ2n) is 4.02. The van der Waals surface area contributed by atoms with E-state index < -0.39 is 25.8 Å². The highest BCUT2D eigenvalue weighted by atomic mass is 32.2. The summed E-state index contributed by atoms with van der Waals surface area (Å²) in [5.41, 5.74) is 0. The lowest BCUT2D eigenvalue weighted by Gasteiger charge is -2.07. The first-order valence-electron chi connectivity index (χ1n) is 5.51. The maximum atomic E-state index is 12.0. The molecule has 0 aliphatic carbocycles. The van der Waals surface area contributed by atoms with E-state index in [1.807, 2.05) is 4.72 Å². The van der Waals surface area contributed by atoms with Crippen molar-refractivity contribution in [2.45, 2.75) is 16.2 Å². The molecule has 112 valence electrons. The third-order valence-corrected chi connectivity index (χ3v) is 5.42. The molecule has 1 N–H and O–H groups in total. The Morgan fingerprint density at radius 1 is 1.20 bits per heavy atom. The fraction of sp³-hybridized carbons (Fsp3) is 0.364. The van der Waals surface area contributed by atoms with Crippen molar-refractivity contribution in [1.29, 1.82) is 0 Å². The van der Waals surface area contributed by atoms with Gasteiger partial charge < -0.3 is 0 Å². The molecule has 1 rings (SSSR count). The maximum Gasteiger partial charge on any atom is 0.264 e. The summed E-state index contributed by atoms with van der Waals surface area (Å²) in [7, 11) is -7.55. The third-order valence-electron chi connectivity index (χ3n) is 2.33. The van der Waals surface area contributed by atoms with E-state index in [0.29, 0.717) is 5.75 Å². The highest BCUT2D eigenvalue weighted by Crippen LogP contribution is 2.15. The predicted molar refractivity (Wildman–Crippen MR) is 77.9 cm³/mol. The first-order chi connectivity index (χ1) is 9.16. The monoisotopic (exact) mass is 337 g/mol. The number of sulfonamides is 1. The summed E-state index contributed by atoms with van der Waals surface area (Å²) >= 11 is 1.42. The topological polar surface area (TPSA) is 97.4 Å². The van der Waals surface area contributed by atoms with Crippen molar-refractivity contribution in [2.24, 2.45) is 0 Å². The molecule has 0 aromatic heterocycles. The minimum atomic E-state index is -4.05. The van der Waals surface area contributed by atoms with Crippen LogP contribution >= 0.6 is 11.8 Å². The zero-order valence-electron chi connectivity index (χ0n) is 11.0. The Labute approximate surface area is 122 Å². The summed E-state index contributed by atoms with van der Waals surface area (Å²) in [4.78, 5) is 11.1. The van der Waals surface area contributed by atoms with E-state index in [1.54, 1.807) is 6.26 Å².